The molecule has 0 aromatic carbocycles. The molecule has 0 unspecified atom stereocenters. The molecule has 1 heterocycles. The lowest BCUT2D eigenvalue weighted by Crippen LogP contribution is -2.39. The summed E-state index contributed by atoms with van der Waals surface area (Å²) in [5.41, 5.74) is 0. The van der Waals surface area contributed by atoms with E-state index < -0.39 is 24.2 Å². The van der Waals surface area contributed by atoms with Gasteiger partial charge in [-0.3, -0.25) is 10.1 Å². The zero-order valence-electron chi connectivity index (χ0n) is 7.11. The van der Waals surface area contributed by atoms with Crippen LogP contribution in [0.5, 0.6) is 0 Å². The third-order valence-corrected chi connectivity index (χ3v) is 1.50. The smallest absolute Gasteiger partial charge is 0.323 e. The number of aliphatic carboxylic acids is 1. The van der Waals surface area contributed by atoms with Gasteiger partial charge in [0.25, 0.3) is 0 Å². The molecule has 0 aliphatic carbocycles. The molecule has 0 aromatic rings. The number of aliphatic hydroxyl groups is 2. The predicted molar refractivity (Wildman–Crippen MR) is 31.4 cm³/mol. The molecule has 0 aromatic heterocycles. The van der Waals surface area contributed by atoms with Crippen molar-refractivity contribution in [2.24, 2.45) is 0 Å². The van der Waals surface area contributed by atoms with Crippen LogP contribution in [0, 0.1) is 0 Å². The van der Waals surface area contributed by atoms with Crippen LogP contribution in [0.15, 0.2) is 0 Å². The SMILES string of the molecule is [2H]O[C@@H]1[C@@H](C(=O)O)NC[C@H]1O[2H]. The van der Waals surface area contributed by atoms with E-state index in [0.29, 0.717) is 0 Å². The number of carbonyl (C=O) groups is 1. The number of rotatable bonds is 3. The molecule has 0 amide bonds. The van der Waals surface area contributed by atoms with Gasteiger partial charge in [-0.05, 0) is 0 Å². The van der Waals surface area contributed by atoms with E-state index in [2.05, 4.69) is 15.5 Å². The zero-order chi connectivity index (χ0) is 9.14. The van der Waals surface area contributed by atoms with Gasteiger partial charge in [0.2, 0.25) is 2.86 Å². The van der Waals surface area contributed by atoms with E-state index >= 15 is 0 Å². The van der Waals surface area contributed by atoms with E-state index in [4.69, 9.17) is 7.97 Å². The Kier molecular flexibility index (Phi) is 1.28. The normalized spacial score (nSPS) is 42.6. The number of carboxylic acids is 1. The van der Waals surface area contributed by atoms with Gasteiger partial charge in [0.1, 0.15) is 12.1 Å². The van der Waals surface area contributed by atoms with Gasteiger partial charge in [-0.2, -0.15) is 0 Å². The molecule has 1 aliphatic rings. The molecule has 1 fully saturated rings. The number of hydrogen-bond donors (Lipinski definition) is 4. The van der Waals surface area contributed by atoms with Crippen molar-refractivity contribution in [2.75, 3.05) is 6.54 Å². The van der Waals surface area contributed by atoms with Gasteiger partial charge in [0, 0.05) is 6.54 Å². The molecular formula is C5H9NO4. The van der Waals surface area contributed by atoms with Crippen LogP contribution >= 0.6 is 0 Å². The third kappa shape index (κ3) is 1.11. The summed E-state index contributed by atoms with van der Waals surface area (Å²) in [5, 5.41) is 19.5. The van der Waals surface area contributed by atoms with Gasteiger partial charge < -0.3 is 15.3 Å². The Bertz CT molecular complexity index is 179. The number of hydrogen-bond acceptors (Lipinski definition) is 4. The minimum atomic E-state index is -1.10. The number of aliphatic hydroxyl groups excluding tert-OH is 2. The Morgan fingerprint density at radius 3 is 3.00 bits per heavy atom. The van der Waals surface area contributed by atoms with Crippen molar-refractivity contribution in [2.45, 2.75) is 18.2 Å². The summed E-state index contributed by atoms with van der Waals surface area (Å²) in [5.74, 6) is -1.10. The van der Waals surface area contributed by atoms with E-state index in [-0.39, 0.29) is 6.54 Å². The number of β-amino-alcohol motifs (C(OH)–C–C–N with tert-alkyl or cyclic N) is 1. The van der Waals surface area contributed by atoms with Crippen molar-refractivity contribution in [1.82, 2.24) is 5.32 Å². The molecule has 58 valence electrons. The zero-order valence-corrected chi connectivity index (χ0v) is 5.11. The largest absolute Gasteiger partial charge is 0.480 e. The van der Waals surface area contributed by atoms with Crippen molar-refractivity contribution in [3.63, 3.8) is 0 Å². The van der Waals surface area contributed by atoms with E-state index in [0.717, 1.165) is 0 Å². The number of nitrogens with one attached hydrogen (secondary N) is 1. The van der Waals surface area contributed by atoms with Crippen LogP contribution in [0.1, 0.15) is 0 Å². The highest BCUT2D eigenvalue weighted by atomic mass is 16.4. The van der Waals surface area contributed by atoms with Crippen LogP contribution in [0.3, 0.4) is 0 Å². The first-order valence-electron chi connectivity index (χ1n) is 3.72. The van der Waals surface area contributed by atoms with Crippen molar-refractivity contribution in [3.8, 4) is 0 Å². The standard InChI is InChI=1S/C5H9NO4/c7-2-1-6-3(4(2)8)5(9)10/h2-4,6-8H,1H2,(H,9,10)/t2-,3+,4+/m1/s1/i7D,8D. The van der Waals surface area contributed by atoms with Gasteiger partial charge in [-0.1, -0.05) is 0 Å². The third-order valence-electron chi connectivity index (χ3n) is 1.50. The summed E-state index contributed by atoms with van der Waals surface area (Å²) >= 11 is 0. The van der Waals surface area contributed by atoms with E-state index in [1.165, 1.54) is 0 Å². The van der Waals surface area contributed by atoms with Gasteiger partial charge >= 0.3 is 5.97 Å². The molecule has 5 heteroatoms. The van der Waals surface area contributed by atoms with Crippen molar-refractivity contribution in [3.05, 3.63) is 0 Å². The second kappa shape index (κ2) is 2.53. The Labute approximate surface area is 60.3 Å². The summed E-state index contributed by atoms with van der Waals surface area (Å²) in [6, 6.07) is -0.960. The fourth-order valence-corrected chi connectivity index (χ4v) is 0.918. The summed E-state index contributed by atoms with van der Waals surface area (Å²) < 4.78 is 13.2. The first-order valence-corrected chi connectivity index (χ1v) is 2.90. The Hall–Kier alpha value is -0.650. The molecule has 0 bridgehead atoms. The van der Waals surface area contributed by atoms with Crippen LogP contribution in [0.4, 0.5) is 0 Å². The molecule has 3 atom stereocenters. The molecule has 0 radical (unpaired) electrons. The van der Waals surface area contributed by atoms with E-state index in [9.17, 15) is 4.79 Å². The van der Waals surface area contributed by atoms with Crippen LogP contribution < -0.4 is 5.32 Å². The van der Waals surface area contributed by atoms with Gasteiger partial charge in [0.15, 0.2) is 0 Å². The molecule has 1 rings (SSSR count). The maximum Gasteiger partial charge on any atom is 0.323 e. The first kappa shape index (κ1) is 5.06. The first-order chi connectivity index (χ1) is 5.70. The molecule has 1 saturated heterocycles. The lowest BCUT2D eigenvalue weighted by molar-refractivity contribution is -0.142. The minimum absolute atomic E-state index is 0.212. The monoisotopic (exact) mass is 149 g/mol. The van der Waals surface area contributed by atoms with Crippen LogP contribution in [-0.2, 0) is 4.79 Å². The highest BCUT2D eigenvalue weighted by Gasteiger charge is 2.37. The van der Waals surface area contributed by atoms with Gasteiger partial charge in [-0.15, -0.1) is 0 Å². The van der Waals surface area contributed by atoms with Crippen LogP contribution in [0.2, 0.25) is 0 Å². The van der Waals surface area contributed by atoms with E-state index in [1.807, 2.05) is 0 Å². The van der Waals surface area contributed by atoms with Crippen molar-refractivity contribution in [1.29, 1.82) is 2.86 Å². The highest BCUT2D eigenvalue weighted by Crippen LogP contribution is 2.06. The fourth-order valence-electron chi connectivity index (χ4n) is 0.918. The van der Waals surface area contributed by atoms with Crippen LogP contribution in [0.25, 0.3) is 0 Å². The second-order valence-corrected chi connectivity index (χ2v) is 2.23. The molecule has 4 N–H and O–H groups in total. The Balaban J connectivity index is 2.62. The minimum Gasteiger partial charge on any atom is -0.480 e. The fraction of sp³-hybridized carbons (Fsp3) is 0.800. The van der Waals surface area contributed by atoms with Crippen LogP contribution in [-0.4, -0.2) is 49.0 Å². The van der Waals surface area contributed by atoms with Crippen molar-refractivity contribution < 1.29 is 20.1 Å². The lowest BCUT2D eigenvalue weighted by Gasteiger charge is -2.09. The second-order valence-electron chi connectivity index (χ2n) is 2.23. The topological polar surface area (TPSA) is 89.8 Å². The number of carboxylic acid groups (broad SMARTS) is 1. The average molecular weight is 149 g/mol. The summed E-state index contributed by atoms with van der Waals surface area (Å²) in [6.07, 6.45) is -1.61. The Morgan fingerprint density at radius 2 is 2.50 bits per heavy atom. The average Bonchev–Trinajstić information content (AvgIpc) is 2.46. The van der Waals surface area contributed by atoms with Gasteiger partial charge in [0.05, 0.1) is 6.10 Å². The summed E-state index contributed by atoms with van der Waals surface area (Å²) in [4.78, 5) is 10.5. The quantitative estimate of drug-likeness (QED) is 0.364. The Morgan fingerprint density at radius 1 is 1.70 bits per heavy atom. The lowest BCUT2D eigenvalue weighted by atomic mass is 10.1. The molecule has 0 spiro atoms. The summed E-state index contributed by atoms with van der Waals surface area (Å²) in [6.45, 7) is 0.212. The highest BCUT2D eigenvalue weighted by molar-refractivity contribution is 5.74. The molecular weight excluding hydrogens is 138 g/mol. The van der Waals surface area contributed by atoms with E-state index in [1.54, 1.807) is 0 Å². The van der Waals surface area contributed by atoms with Crippen molar-refractivity contribution >= 4 is 5.97 Å². The molecule has 10 heavy (non-hydrogen) atoms. The summed E-state index contributed by atoms with van der Waals surface area (Å²) in [7, 11) is 0. The molecule has 0 saturated carbocycles. The predicted octanol–water partition coefficient (Wildman–Crippen LogP) is -2.24. The van der Waals surface area contributed by atoms with Gasteiger partial charge in [-0.25, -0.2) is 0 Å². The maximum atomic E-state index is 10.5. The molecule has 1 aliphatic heterocycles. The molecule has 5 nitrogen and oxygen atoms in total. The maximum absolute atomic E-state index is 10.5.